The van der Waals surface area contributed by atoms with Crippen LogP contribution in [-0.4, -0.2) is 22.7 Å². The molecule has 1 aromatic rings. The Bertz CT molecular complexity index is 313. The molecule has 0 saturated heterocycles. The second-order valence-electron chi connectivity index (χ2n) is 3.91. The first-order valence-electron chi connectivity index (χ1n) is 5.66. The highest BCUT2D eigenvalue weighted by atomic mass is 32.2. The lowest BCUT2D eigenvalue weighted by atomic mass is 10.1. The third kappa shape index (κ3) is 4.45. The van der Waals surface area contributed by atoms with Gasteiger partial charge in [-0.15, -0.1) is 0 Å². The van der Waals surface area contributed by atoms with Gasteiger partial charge < -0.3 is 9.84 Å². The number of hydrogen-bond donors (Lipinski definition) is 1. The van der Waals surface area contributed by atoms with Crippen molar-refractivity contribution in [3.8, 4) is 5.75 Å². The lowest BCUT2D eigenvalue weighted by molar-refractivity contribution is 0.201. The molecule has 0 aliphatic carbocycles. The van der Waals surface area contributed by atoms with Crippen LogP contribution in [0.5, 0.6) is 5.75 Å². The highest BCUT2D eigenvalue weighted by molar-refractivity contribution is 7.99. The number of rotatable bonds is 6. The molecule has 1 rings (SSSR count). The highest BCUT2D eigenvalue weighted by Gasteiger charge is 2.08. The van der Waals surface area contributed by atoms with Gasteiger partial charge in [-0.05, 0) is 37.3 Å². The van der Waals surface area contributed by atoms with E-state index in [0.29, 0.717) is 0 Å². The second kappa shape index (κ2) is 6.81. The lowest BCUT2D eigenvalue weighted by Crippen LogP contribution is -2.07. The first kappa shape index (κ1) is 13.4. The molecular formula is C13H20O2S. The minimum absolute atomic E-state index is 0.164. The number of ether oxygens (including phenoxy) is 1. The van der Waals surface area contributed by atoms with Gasteiger partial charge >= 0.3 is 0 Å². The van der Waals surface area contributed by atoms with Crippen LogP contribution in [0.15, 0.2) is 24.3 Å². The third-order valence-corrected chi connectivity index (χ3v) is 3.05. The van der Waals surface area contributed by atoms with Crippen LogP contribution in [-0.2, 0) is 0 Å². The number of thioether (sulfide) groups is 1. The summed E-state index contributed by atoms with van der Waals surface area (Å²) in [4.78, 5) is 0. The third-order valence-electron chi connectivity index (χ3n) is 2.09. The summed E-state index contributed by atoms with van der Waals surface area (Å²) in [5.74, 6) is 2.59. The van der Waals surface area contributed by atoms with Gasteiger partial charge in [0.05, 0.1) is 12.2 Å². The molecule has 1 atom stereocenters. The minimum atomic E-state index is -0.402. The van der Waals surface area contributed by atoms with Gasteiger partial charge in [0, 0.05) is 5.75 Å². The number of benzene rings is 1. The fraction of sp³-hybridized carbons (Fsp3) is 0.538. The van der Waals surface area contributed by atoms with Gasteiger partial charge in [0.2, 0.25) is 0 Å². The van der Waals surface area contributed by atoms with Crippen molar-refractivity contribution in [1.29, 1.82) is 0 Å². The van der Waals surface area contributed by atoms with Crippen molar-refractivity contribution in [3.63, 3.8) is 0 Å². The van der Waals surface area contributed by atoms with E-state index in [1.54, 1.807) is 11.8 Å². The topological polar surface area (TPSA) is 29.5 Å². The number of aliphatic hydroxyl groups is 1. The van der Waals surface area contributed by atoms with Crippen LogP contribution in [0.2, 0.25) is 0 Å². The molecule has 90 valence electrons. The Morgan fingerprint density at radius 3 is 2.75 bits per heavy atom. The van der Waals surface area contributed by atoms with Gasteiger partial charge in [-0.2, -0.15) is 11.8 Å². The summed E-state index contributed by atoms with van der Waals surface area (Å²) in [5.41, 5.74) is 0.930. The van der Waals surface area contributed by atoms with Crippen LogP contribution in [0.3, 0.4) is 0 Å². The van der Waals surface area contributed by atoms with Crippen molar-refractivity contribution in [3.05, 3.63) is 29.8 Å². The van der Waals surface area contributed by atoms with Gasteiger partial charge in [-0.3, -0.25) is 0 Å². The molecule has 3 heteroatoms. The molecule has 2 nitrogen and oxygen atoms in total. The van der Waals surface area contributed by atoms with Crippen molar-refractivity contribution in [2.24, 2.45) is 0 Å². The van der Waals surface area contributed by atoms with Crippen molar-refractivity contribution in [2.45, 2.75) is 33.0 Å². The van der Waals surface area contributed by atoms with Crippen LogP contribution in [0, 0.1) is 0 Å². The summed E-state index contributed by atoms with van der Waals surface area (Å²) < 4.78 is 5.59. The quantitative estimate of drug-likeness (QED) is 0.827. The molecule has 0 radical (unpaired) electrons. The largest absolute Gasteiger partial charge is 0.491 e. The smallest absolute Gasteiger partial charge is 0.120 e. The number of aliphatic hydroxyl groups excluding tert-OH is 1. The van der Waals surface area contributed by atoms with Gasteiger partial charge in [-0.1, -0.05) is 19.1 Å². The Labute approximate surface area is 102 Å². The van der Waals surface area contributed by atoms with E-state index in [0.717, 1.165) is 22.8 Å². The summed E-state index contributed by atoms with van der Waals surface area (Å²) in [7, 11) is 0. The summed E-state index contributed by atoms with van der Waals surface area (Å²) in [6.45, 7) is 6.09. The Kier molecular flexibility index (Phi) is 5.71. The van der Waals surface area contributed by atoms with Crippen molar-refractivity contribution >= 4 is 11.8 Å². The van der Waals surface area contributed by atoms with E-state index in [1.165, 1.54) is 0 Å². The van der Waals surface area contributed by atoms with Crippen molar-refractivity contribution < 1.29 is 9.84 Å². The van der Waals surface area contributed by atoms with E-state index in [9.17, 15) is 5.11 Å². The first-order valence-corrected chi connectivity index (χ1v) is 6.81. The van der Waals surface area contributed by atoms with Gasteiger partial charge in [0.25, 0.3) is 0 Å². The molecule has 0 aliphatic rings. The number of hydrogen-bond acceptors (Lipinski definition) is 3. The molecule has 0 bridgehead atoms. The average Bonchev–Trinajstić information content (AvgIpc) is 2.25. The maximum Gasteiger partial charge on any atom is 0.120 e. The fourth-order valence-electron chi connectivity index (χ4n) is 1.39. The van der Waals surface area contributed by atoms with Crippen LogP contribution in [0.1, 0.15) is 32.4 Å². The van der Waals surface area contributed by atoms with E-state index in [-0.39, 0.29) is 6.10 Å². The average molecular weight is 240 g/mol. The van der Waals surface area contributed by atoms with E-state index in [1.807, 2.05) is 38.1 Å². The second-order valence-corrected chi connectivity index (χ2v) is 5.23. The van der Waals surface area contributed by atoms with E-state index >= 15 is 0 Å². The Morgan fingerprint density at radius 2 is 2.12 bits per heavy atom. The summed E-state index contributed by atoms with van der Waals surface area (Å²) >= 11 is 1.74. The maximum absolute atomic E-state index is 9.93. The SMILES string of the molecule is CCSCC(O)c1cccc(OC(C)C)c1. The fourth-order valence-corrected chi connectivity index (χ4v) is 2.04. The normalized spacial score (nSPS) is 12.8. The molecule has 0 heterocycles. The summed E-state index contributed by atoms with van der Waals surface area (Å²) in [6, 6.07) is 7.70. The van der Waals surface area contributed by atoms with Crippen LogP contribution in [0.4, 0.5) is 0 Å². The minimum Gasteiger partial charge on any atom is -0.491 e. The molecular weight excluding hydrogens is 220 g/mol. The molecule has 1 N–H and O–H groups in total. The highest BCUT2D eigenvalue weighted by Crippen LogP contribution is 2.22. The Balaban J connectivity index is 2.65. The predicted molar refractivity (Wildman–Crippen MR) is 70.2 cm³/mol. The molecule has 1 unspecified atom stereocenters. The van der Waals surface area contributed by atoms with Crippen LogP contribution in [0.25, 0.3) is 0 Å². The van der Waals surface area contributed by atoms with E-state index in [2.05, 4.69) is 6.92 Å². The van der Waals surface area contributed by atoms with Crippen LogP contribution >= 0.6 is 11.8 Å². The molecule has 0 amide bonds. The Morgan fingerprint density at radius 1 is 1.38 bits per heavy atom. The maximum atomic E-state index is 9.93. The van der Waals surface area contributed by atoms with Gasteiger partial charge in [-0.25, -0.2) is 0 Å². The summed E-state index contributed by atoms with van der Waals surface area (Å²) in [5, 5.41) is 9.93. The molecule has 1 aromatic carbocycles. The molecule has 0 aliphatic heterocycles. The zero-order valence-electron chi connectivity index (χ0n) is 10.1. The molecule has 16 heavy (non-hydrogen) atoms. The summed E-state index contributed by atoms with van der Waals surface area (Å²) in [6.07, 6.45) is -0.238. The molecule has 0 spiro atoms. The standard InChI is InChI=1S/C13H20O2S/c1-4-16-9-13(14)11-6-5-7-12(8-11)15-10(2)3/h5-8,10,13-14H,4,9H2,1-3H3. The monoisotopic (exact) mass is 240 g/mol. The van der Waals surface area contributed by atoms with Crippen molar-refractivity contribution in [1.82, 2.24) is 0 Å². The zero-order chi connectivity index (χ0) is 12.0. The predicted octanol–water partition coefficient (Wildman–Crippen LogP) is 3.26. The molecule has 0 saturated carbocycles. The molecule has 0 aromatic heterocycles. The van der Waals surface area contributed by atoms with Crippen LogP contribution < -0.4 is 4.74 Å². The van der Waals surface area contributed by atoms with E-state index in [4.69, 9.17) is 4.74 Å². The Hall–Kier alpha value is -0.670. The zero-order valence-corrected chi connectivity index (χ0v) is 11.0. The van der Waals surface area contributed by atoms with Gasteiger partial charge in [0.1, 0.15) is 5.75 Å². The molecule has 0 fully saturated rings. The lowest BCUT2D eigenvalue weighted by Gasteiger charge is -2.14. The van der Waals surface area contributed by atoms with Gasteiger partial charge in [0.15, 0.2) is 0 Å². The first-order chi connectivity index (χ1) is 7.63. The van der Waals surface area contributed by atoms with E-state index < -0.39 is 6.10 Å². The van der Waals surface area contributed by atoms with Crippen molar-refractivity contribution in [2.75, 3.05) is 11.5 Å².